The van der Waals surface area contributed by atoms with Crippen LogP contribution in [0.3, 0.4) is 0 Å². The highest BCUT2D eigenvalue weighted by atomic mass is 127. The Morgan fingerprint density at radius 3 is 2.10 bits per heavy atom. The van der Waals surface area contributed by atoms with Crippen LogP contribution in [0, 0.1) is 20.8 Å². The van der Waals surface area contributed by atoms with Crippen molar-refractivity contribution in [1.82, 2.24) is 0 Å². The fourth-order valence-electron chi connectivity index (χ4n) is 2.71. The molecule has 0 unspecified atom stereocenters. The highest BCUT2D eigenvalue weighted by molar-refractivity contribution is 14.1. The SMILES string of the molecule is COc1c(C)c(C)c(OC)c(CC=C(C)CCCI)c1C. The van der Waals surface area contributed by atoms with Gasteiger partial charge in [-0.2, -0.15) is 0 Å². The zero-order valence-corrected chi connectivity index (χ0v) is 16.3. The molecule has 0 heterocycles. The number of ether oxygens (including phenoxy) is 2. The number of methoxy groups -OCH3 is 2. The minimum absolute atomic E-state index is 0.902. The summed E-state index contributed by atoms with van der Waals surface area (Å²) in [5, 5.41) is 0. The number of allylic oxidation sites excluding steroid dienone is 2. The molecule has 0 saturated carbocycles. The van der Waals surface area contributed by atoms with Crippen LogP contribution in [0.5, 0.6) is 11.5 Å². The Kier molecular flexibility index (Phi) is 7.57. The van der Waals surface area contributed by atoms with Gasteiger partial charge in [0.2, 0.25) is 0 Å². The molecule has 0 amide bonds. The molecule has 0 spiro atoms. The summed E-state index contributed by atoms with van der Waals surface area (Å²) in [5.41, 5.74) is 6.22. The largest absolute Gasteiger partial charge is 0.496 e. The minimum Gasteiger partial charge on any atom is -0.496 e. The summed E-state index contributed by atoms with van der Waals surface area (Å²) in [7, 11) is 3.50. The van der Waals surface area contributed by atoms with Gasteiger partial charge in [-0.15, -0.1) is 0 Å². The molecule has 0 radical (unpaired) electrons. The van der Waals surface area contributed by atoms with E-state index in [-0.39, 0.29) is 0 Å². The molecule has 1 aromatic rings. The number of halogens is 1. The number of benzene rings is 1. The molecule has 0 bridgehead atoms. The first kappa shape index (κ1) is 18.3. The topological polar surface area (TPSA) is 18.5 Å². The Morgan fingerprint density at radius 1 is 1.00 bits per heavy atom. The van der Waals surface area contributed by atoms with Crippen LogP contribution >= 0.6 is 22.6 Å². The van der Waals surface area contributed by atoms with Crippen molar-refractivity contribution in [3.05, 3.63) is 33.9 Å². The van der Waals surface area contributed by atoms with E-state index in [2.05, 4.69) is 56.4 Å². The van der Waals surface area contributed by atoms with Crippen LogP contribution in [0.4, 0.5) is 0 Å². The first-order valence-electron chi connectivity index (χ1n) is 7.40. The zero-order chi connectivity index (χ0) is 16.0. The number of hydrogen-bond donors (Lipinski definition) is 0. The number of alkyl halides is 1. The third-order valence-corrected chi connectivity index (χ3v) is 4.84. The summed E-state index contributed by atoms with van der Waals surface area (Å²) < 4.78 is 12.5. The molecular formula is C18H27IO2. The molecular weight excluding hydrogens is 375 g/mol. The average molecular weight is 402 g/mol. The summed E-state index contributed by atoms with van der Waals surface area (Å²) in [6.07, 6.45) is 5.65. The van der Waals surface area contributed by atoms with Gasteiger partial charge in [0.15, 0.2) is 0 Å². The lowest BCUT2D eigenvalue weighted by atomic mass is 9.94. The van der Waals surface area contributed by atoms with Crippen molar-refractivity contribution >= 4 is 22.6 Å². The molecule has 2 nitrogen and oxygen atoms in total. The van der Waals surface area contributed by atoms with Crippen LogP contribution in [0.1, 0.15) is 42.0 Å². The third kappa shape index (κ3) is 4.38. The Balaban J connectivity index is 3.19. The van der Waals surface area contributed by atoms with Crippen LogP contribution in [0.15, 0.2) is 11.6 Å². The Morgan fingerprint density at radius 2 is 1.57 bits per heavy atom. The van der Waals surface area contributed by atoms with Crippen molar-refractivity contribution < 1.29 is 9.47 Å². The highest BCUT2D eigenvalue weighted by Gasteiger charge is 2.17. The van der Waals surface area contributed by atoms with Crippen LogP contribution < -0.4 is 9.47 Å². The molecule has 0 N–H and O–H groups in total. The predicted octanol–water partition coefficient (Wildman–Crippen LogP) is 5.33. The van der Waals surface area contributed by atoms with E-state index in [1.54, 1.807) is 14.2 Å². The summed E-state index contributed by atoms with van der Waals surface area (Å²) in [6.45, 7) is 8.53. The van der Waals surface area contributed by atoms with Crippen molar-refractivity contribution in [3.63, 3.8) is 0 Å². The molecule has 1 rings (SSSR count). The Labute approximate surface area is 143 Å². The molecule has 1 aromatic carbocycles. The summed E-state index contributed by atoms with van der Waals surface area (Å²) in [5.74, 6) is 1.99. The zero-order valence-electron chi connectivity index (χ0n) is 14.1. The van der Waals surface area contributed by atoms with Crippen molar-refractivity contribution in [2.45, 2.75) is 47.0 Å². The minimum atomic E-state index is 0.902. The van der Waals surface area contributed by atoms with Gasteiger partial charge in [-0.3, -0.25) is 0 Å². The van der Waals surface area contributed by atoms with Gasteiger partial charge < -0.3 is 9.47 Å². The third-order valence-electron chi connectivity index (χ3n) is 4.08. The smallest absolute Gasteiger partial charge is 0.126 e. The Hall–Kier alpha value is -0.710. The molecule has 3 heteroatoms. The van der Waals surface area contributed by atoms with Gasteiger partial charge in [0, 0.05) is 5.56 Å². The molecule has 0 saturated heterocycles. The lowest BCUT2D eigenvalue weighted by molar-refractivity contribution is 0.391. The number of rotatable bonds is 7. The van der Waals surface area contributed by atoms with Crippen LogP contribution in [-0.4, -0.2) is 18.6 Å². The van der Waals surface area contributed by atoms with Crippen LogP contribution in [0.2, 0.25) is 0 Å². The quantitative estimate of drug-likeness (QED) is 0.349. The van der Waals surface area contributed by atoms with E-state index in [0.717, 1.165) is 17.9 Å². The maximum absolute atomic E-state index is 5.66. The van der Waals surface area contributed by atoms with E-state index in [1.165, 1.54) is 45.1 Å². The first-order valence-corrected chi connectivity index (χ1v) is 8.92. The van der Waals surface area contributed by atoms with Gasteiger partial charge >= 0.3 is 0 Å². The normalized spacial score (nSPS) is 11.7. The second kappa shape index (κ2) is 8.66. The monoisotopic (exact) mass is 402 g/mol. The van der Waals surface area contributed by atoms with Gasteiger partial charge in [-0.1, -0.05) is 34.2 Å². The van der Waals surface area contributed by atoms with Crippen molar-refractivity contribution in [3.8, 4) is 11.5 Å². The summed E-state index contributed by atoms with van der Waals surface area (Å²) in [6, 6.07) is 0. The lowest BCUT2D eigenvalue weighted by Crippen LogP contribution is -2.03. The van der Waals surface area contributed by atoms with E-state index >= 15 is 0 Å². The van der Waals surface area contributed by atoms with Crippen molar-refractivity contribution in [2.24, 2.45) is 0 Å². The van der Waals surface area contributed by atoms with E-state index in [4.69, 9.17) is 9.47 Å². The van der Waals surface area contributed by atoms with E-state index in [0.29, 0.717) is 0 Å². The maximum Gasteiger partial charge on any atom is 0.126 e. The average Bonchev–Trinajstić information content (AvgIpc) is 2.47. The Bertz CT molecular complexity index is 519. The molecule has 118 valence electrons. The second-order valence-electron chi connectivity index (χ2n) is 5.47. The summed E-state index contributed by atoms with van der Waals surface area (Å²) >= 11 is 2.43. The maximum atomic E-state index is 5.66. The first-order chi connectivity index (χ1) is 9.97. The highest BCUT2D eigenvalue weighted by Crippen LogP contribution is 2.38. The van der Waals surface area contributed by atoms with Gasteiger partial charge in [0.05, 0.1) is 14.2 Å². The van der Waals surface area contributed by atoms with Gasteiger partial charge in [0.1, 0.15) is 11.5 Å². The molecule has 0 aromatic heterocycles. The predicted molar refractivity (Wildman–Crippen MR) is 99.3 cm³/mol. The standard InChI is InChI=1S/C18H27IO2/c1-12(8-7-11-19)9-10-16-15(4)17(20-5)13(2)14(3)18(16)21-6/h9H,7-8,10-11H2,1-6H3. The van der Waals surface area contributed by atoms with Gasteiger partial charge in [-0.05, 0) is 68.1 Å². The molecule has 21 heavy (non-hydrogen) atoms. The molecule has 0 aliphatic rings. The molecule has 0 aliphatic carbocycles. The van der Waals surface area contributed by atoms with Gasteiger partial charge in [-0.25, -0.2) is 0 Å². The second-order valence-corrected chi connectivity index (χ2v) is 6.55. The summed E-state index contributed by atoms with van der Waals surface area (Å²) in [4.78, 5) is 0. The fraction of sp³-hybridized carbons (Fsp3) is 0.556. The molecule has 0 atom stereocenters. The van der Waals surface area contributed by atoms with Crippen molar-refractivity contribution in [2.75, 3.05) is 18.6 Å². The van der Waals surface area contributed by atoms with E-state index < -0.39 is 0 Å². The van der Waals surface area contributed by atoms with Crippen LogP contribution in [-0.2, 0) is 6.42 Å². The van der Waals surface area contributed by atoms with E-state index in [1.807, 2.05) is 0 Å². The fourth-order valence-corrected chi connectivity index (χ4v) is 3.09. The molecule has 0 aliphatic heterocycles. The van der Waals surface area contributed by atoms with Gasteiger partial charge in [0.25, 0.3) is 0 Å². The van der Waals surface area contributed by atoms with E-state index in [9.17, 15) is 0 Å². The van der Waals surface area contributed by atoms with Crippen LogP contribution in [0.25, 0.3) is 0 Å². The van der Waals surface area contributed by atoms with Crippen molar-refractivity contribution in [1.29, 1.82) is 0 Å². The molecule has 0 fully saturated rings. The lowest BCUT2D eigenvalue weighted by Gasteiger charge is -2.20. The number of hydrogen-bond acceptors (Lipinski definition) is 2.